The Balaban J connectivity index is 2.53. The third-order valence-electron chi connectivity index (χ3n) is 1.90. The maximum absolute atomic E-state index is 11.4. The van der Waals surface area contributed by atoms with E-state index >= 15 is 0 Å². The van der Waals surface area contributed by atoms with E-state index in [1.165, 1.54) is 0 Å². The van der Waals surface area contributed by atoms with E-state index in [-0.39, 0.29) is 5.91 Å². The minimum absolute atomic E-state index is 0.150. The van der Waals surface area contributed by atoms with E-state index in [9.17, 15) is 4.79 Å². The molecule has 0 aliphatic rings. The van der Waals surface area contributed by atoms with E-state index < -0.39 is 5.41 Å². The first kappa shape index (κ1) is 12.5. The van der Waals surface area contributed by atoms with Crippen LogP contribution in [0.2, 0.25) is 0 Å². The number of hydrazine groups is 1. The average Bonchev–Trinajstić information content (AvgIpc) is 2.60. The number of nitrogens with one attached hydrogen (secondary N) is 1. The summed E-state index contributed by atoms with van der Waals surface area (Å²) in [5, 5.41) is 2.00. The van der Waals surface area contributed by atoms with E-state index in [2.05, 4.69) is 10.4 Å². The van der Waals surface area contributed by atoms with Crippen LogP contribution in [0.5, 0.6) is 0 Å². The Morgan fingerprint density at radius 1 is 1.73 bits per heavy atom. The van der Waals surface area contributed by atoms with Gasteiger partial charge in [0.05, 0.1) is 5.41 Å². The van der Waals surface area contributed by atoms with Crippen LogP contribution < -0.4 is 11.3 Å². The molecule has 15 heavy (non-hydrogen) atoms. The molecule has 1 aromatic rings. The summed E-state index contributed by atoms with van der Waals surface area (Å²) in [6, 6.07) is 0. The fourth-order valence-electron chi connectivity index (χ4n) is 0.902. The summed E-state index contributed by atoms with van der Waals surface area (Å²) in [5.74, 6) is 5.63. The van der Waals surface area contributed by atoms with Crippen molar-refractivity contribution in [3.63, 3.8) is 0 Å². The first-order valence-corrected chi connectivity index (χ1v) is 6.38. The SMILES string of the molecule is Cc1csc(SCC(C)(C)C(=O)NN)n1. The van der Waals surface area contributed by atoms with Crippen LogP contribution in [0.3, 0.4) is 0 Å². The summed E-state index contributed by atoms with van der Waals surface area (Å²) in [6.45, 7) is 5.68. The topological polar surface area (TPSA) is 68.0 Å². The molecule has 0 saturated carbocycles. The van der Waals surface area contributed by atoms with Crippen molar-refractivity contribution in [1.82, 2.24) is 10.4 Å². The van der Waals surface area contributed by atoms with Crippen molar-refractivity contribution in [2.75, 3.05) is 5.75 Å². The molecule has 1 aromatic heterocycles. The standard InChI is InChI=1S/C9H15N3OS2/c1-6-4-14-8(11-6)15-5-9(2,3)7(13)12-10/h4H,5,10H2,1-3H3,(H,12,13). The summed E-state index contributed by atoms with van der Waals surface area (Å²) in [4.78, 5) is 15.7. The highest BCUT2D eigenvalue weighted by Gasteiger charge is 2.27. The highest BCUT2D eigenvalue weighted by Crippen LogP contribution is 2.29. The van der Waals surface area contributed by atoms with E-state index in [1.54, 1.807) is 23.1 Å². The molecule has 0 aliphatic heterocycles. The monoisotopic (exact) mass is 245 g/mol. The lowest BCUT2D eigenvalue weighted by molar-refractivity contribution is -0.128. The van der Waals surface area contributed by atoms with Gasteiger partial charge in [-0.15, -0.1) is 11.3 Å². The summed E-state index contributed by atoms with van der Waals surface area (Å²) in [6.07, 6.45) is 0. The van der Waals surface area contributed by atoms with Crippen molar-refractivity contribution >= 4 is 29.0 Å². The van der Waals surface area contributed by atoms with Gasteiger partial charge in [0.1, 0.15) is 4.34 Å². The first-order valence-electron chi connectivity index (χ1n) is 4.51. The maximum atomic E-state index is 11.4. The lowest BCUT2D eigenvalue weighted by atomic mass is 9.96. The van der Waals surface area contributed by atoms with Crippen LogP contribution in [0.4, 0.5) is 0 Å². The molecule has 0 fully saturated rings. The summed E-state index contributed by atoms with van der Waals surface area (Å²) in [7, 11) is 0. The summed E-state index contributed by atoms with van der Waals surface area (Å²) >= 11 is 3.18. The van der Waals surface area contributed by atoms with Crippen molar-refractivity contribution in [3.05, 3.63) is 11.1 Å². The van der Waals surface area contributed by atoms with Gasteiger partial charge >= 0.3 is 0 Å². The van der Waals surface area contributed by atoms with Crippen molar-refractivity contribution in [2.45, 2.75) is 25.1 Å². The predicted octanol–water partition coefficient (Wildman–Crippen LogP) is 1.56. The third-order valence-corrected chi connectivity index (χ3v) is 4.50. The zero-order valence-electron chi connectivity index (χ0n) is 9.03. The Labute approximate surface area is 97.6 Å². The molecule has 0 spiro atoms. The van der Waals surface area contributed by atoms with Crippen molar-refractivity contribution in [1.29, 1.82) is 0 Å². The molecule has 84 valence electrons. The molecule has 0 bridgehead atoms. The van der Waals surface area contributed by atoms with Crippen molar-refractivity contribution in [2.24, 2.45) is 11.3 Å². The van der Waals surface area contributed by atoms with Crippen LogP contribution in [0.1, 0.15) is 19.5 Å². The van der Waals surface area contributed by atoms with Crippen molar-refractivity contribution in [3.8, 4) is 0 Å². The second kappa shape index (κ2) is 4.96. The molecule has 1 amide bonds. The average molecular weight is 245 g/mol. The number of carbonyl (C=O) groups is 1. The Bertz CT molecular complexity index is 349. The van der Waals surface area contributed by atoms with E-state index in [0.717, 1.165) is 10.0 Å². The normalized spacial score (nSPS) is 11.5. The summed E-state index contributed by atoms with van der Waals surface area (Å²) in [5.41, 5.74) is 2.72. The summed E-state index contributed by atoms with van der Waals surface area (Å²) < 4.78 is 0.991. The molecule has 0 saturated heterocycles. The smallest absolute Gasteiger partial charge is 0.240 e. The highest BCUT2D eigenvalue weighted by molar-refractivity contribution is 8.01. The molecule has 0 radical (unpaired) electrons. The van der Waals surface area contributed by atoms with Gasteiger partial charge in [0.2, 0.25) is 5.91 Å². The second-order valence-electron chi connectivity index (χ2n) is 3.90. The van der Waals surface area contributed by atoms with Crippen LogP contribution in [0, 0.1) is 12.3 Å². The van der Waals surface area contributed by atoms with Crippen LogP contribution in [0.15, 0.2) is 9.72 Å². The molecule has 1 rings (SSSR count). The first-order chi connectivity index (χ1) is 6.95. The number of carbonyl (C=O) groups excluding carboxylic acids is 1. The number of rotatable bonds is 4. The zero-order chi connectivity index (χ0) is 11.5. The van der Waals surface area contributed by atoms with Gasteiger partial charge in [0, 0.05) is 16.8 Å². The number of nitrogens with two attached hydrogens (primary N) is 1. The van der Waals surface area contributed by atoms with Gasteiger partial charge in [-0.1, -0.05) is 25.6 Å². The number of amides is 1. The Hall–Kier alpha value is -0.590. The number of aryl methyl sites for hydroxylation is 1. The maximum Gasteiger partial charge on any atom is 0.240 e. The highest BCUT2D eigenvalue weighted by atomic mass is 32.2. The molecular formula is C9H15N3OS2. The molecule has 0 unspecified atom stereocenters. The number of thiazole rings is 1. The van der Waals surface area contributed by atoms with Crippen LogP contribution >= 0.6 is 23.1 Å². The minimum atomic E-state index is -0.473. The van der Waals surface area contributed by atoms with Gasteiger partial charge in [0.15, 0.2) is 0 Å². The lowest BCUT2D eigenvalue weighted by Gasteiger charge is -2.20. The number of aromatic nitrogens is 1. The van der Waals surface area contributed by atoms with Crippen LogP contribution in [-0.4, -0.2) is 16.6 Å². The molecule has 6 heteroatoms. The van der Waals surface area contributed by atoms with Gasteiger partial charge in [0.25, 0.3) is 0 Å². The molecule has 0 atom stereocenters. The zero-order valence-corrected chi connectivity index (χ0v) is 10.7. The molecular weight excluding hydrogens is 230 g/mol. The number of hydrogen-bond donors (Lipinski definition) is 2. The molecule has 3 N–H and O–H groups in total. The van der Waals surface area contributed by atoms with Gasteiger partial charge < -0.3 is 0 Å². The van der Waals surface area contributed by atoms with E-state index in [0.29, 0.717) is 5.75 Å². The second-order valence-corrected chi connectivity index (χ2v) is 5.98. The van der Waals surface area contributed by atoms with Gasteiger partial charge in [-0.3, -0.25) is 10.2 Å². The predicted molar refractivity (Wildman–Crippen MR) is 63.7 cm³/mol. The van der Waals surface area contributed by atoms with Crippen LogP contribution in [-0.2, 0) is 4.79 Å². The largest absolute Gasteiger partial charge is 0.294 e. The Kier molecular flexibility index (Phi) is 4.12. The number of hydrogen-bond acceptors (Lipinski definition) is 5. The Morgan fingerprint density at radius 3 is 2.87 bits per heavy atom. The third kappa shape index (κ3) is 3.48. The van der Waals surface area contributed by atoms with Gasteiger partial charge in [-0.05, 0) is 6.92 Å². The quantitative estimate of drug-likeness (QED) is 0.365. The van der Waals surface area contributed by atoms with E-state index in [1.807, 2.05) is 26.2 Å². The molecule has 0 aromatic carbocycles. The van der Waals surface area contributed by atoms with E-state index in [4.69, 9.17) is 5.84 Å². The van der Waals surface area contributed by atoms with Gasteiger partial charge in [-0.25, -0.2) is 10.8 Å². The fraction of sp³-hybridized carbons (Fsp3) is 0.556. The lowest BCUT2D eigenvalue weighted by Crippen LogP contribution is -2.42. The fourth-order valence-corrected chi connectivity index (χ4v) is 2.84. The minimum Gasteiger partial charge on any atom is -0.294 e. The Morgan fingerprint density at radius 2 is 2.40 bits per heavy atom. The van der Waals surface area contributed by atoms with Crippen LogP contribution in [0.25, 0.3) is 0 Å². The molecule has 0 aliphatic carbocycles. The molecule has 1 heterocycles. The van der Waals surface area contributed by atoms with Crippen molar-refractivity contribution < 1.29 is 4.79 Å². The van der Waals surface area contributed by atoms with Gasteiger partial charge in [-0.2, -0.15) is 0 Å². The molecule has 4 nitrogen and oxygen atoms in total. The number of thioether (sulfide) groups is 1. The number of nitrogens with zero attached hydrogens (tertiary/aromatic N) is 1.